The molecule has 0 aromatic heterocycles. The molecule has 0 saturated carbocycles. The molecule has 0 unspecified atom stereocenters. The van der Waals surface area contributed by atoms with Crippen LogP contribution in [0, 0.1) is 0 Å². The molecule has 1 aromatic rings. The fourth-order valence-corrected chi connectivity index (χ4v) is 1.91. The van der Waals surface area contributed by atoms with Crippen molar-refractivity contribution in [1.29, 1.82) is 0 Å². The van der Waals surface area contributed by atoms with Crippen molar-refractivity contribution in [3.05, 3.63) is 22.2 Å². The number of carbonyl (C=O) groups is 1. The third kappa shape index (κ3) is 2.91. The van der Waals surface area contributed by atoms with Crippen LogP contribution in [-0.2, 0) is 0 Å². The summed E-state index contributed by atoms with van der Waals surface area (Å²) < 4.78 is 11.1. The molecular weight excluding hydrogens is 286 g/mol. The van der Waals surface area contributed by atoms with E-state index in [1.807, 2.05) is 6.92 Å². The third-order valence-corrected chi connectivity index (χ3v) is 3.30. The number of carbonyl (C=O) groups excluding carboxylic acids is 1. The molecule has 0 fully saturated rings. The lowest BCUT2D eigenvalue weighted by Crippen LogP contribution is -2.26. The Kier molecular flexibility index (Phi) is 4.81. The van der Waals surface area contributed by atoms with E-state index in [1.54, 1.807) is 38.3 Å². The summed E-state index contributed by atoms with van der Waals surface area (Å²) in [4.78, 5) is 13.6. The summed E-state index contributed by atoms with van der Waals surface area (Å²) in [6.45, 7) is 2.57. The Morgan fingerprint density at radius 1 is 1.29 bits per heavy atom. The number of hydrogen-bond donors (Lipinski definition) is 0. The summed E-state index contributed by atoms with van der Waals surface area (Å²) in [5.74, 6) is 1.10. The quantitative estimate of drug-likeness (QED) is 0.858. The second-order valence-corrected chi connectivity index (χ2v) is 4.31. The van der Waals surface area contributed by atoms with Crippen molar-refractivity contribution in [3.8, 4) is 11.5 Å². The second-order valence-electron chi connectivity index (χ2n) is 3.51. The van der Waals surface area contributed by atoms with Gasteiger partial charge in [0.15, 0.2) is 0 Å². The Hall–Kier alpha value is -1.23. The first-order valence-corrected chi connectivity index (χ1v) is 6.01. The summed E-state index contributed by atoms with van der Waals surface area (Å²) in [5, 5.41) is 0. The van der Waals surface area contributed by atoms with E-state index in [1.165, 1.54) is 0 Å². The van der Waals surface area contributed by atoms with Crippen molar-refractivity contribution in [3.63, 3.8) is 0 Å². The van der Waals surface area contributed by atoms with Gasteiger partial charge in [0.2, 0.25) is 0 Å². The standard InChI is InChI=1S/C12H16BrNO3/c1-5-14(2)12(15)8-6-9(16-3)11(13)10(7-8)17-4/h6-7H,5H2,1-4H3. The van der Waals surface area contributed by atoms with Crippen LogP contribution in [0.1, 0.15) is 17.3 Å². The molecule has 0 saturated heterocycles. The van der Waals surface area contributed by atoms with Crippen LogP contribution < -0.4 is 9.47 Å². The molecule has 4 nitrogen and oxygen atoms in total. The highest BCUT2D eigenvalue weighted by Gasteiger charge is 2.16. The smallest absolute Gasteiger partial charge is 0.253 e. The molecule has 17 heavy (non-hydrogen) atoms. The Morgan fingerprint density at radius 3 is 2.12 bits per heavy atom. The monoisotopic (exact) mass is 301 g/mol. The van der Waals surface area contributed by atoms with Gasteiger partial charge in [-0.15, -0.1) is 0 Å². The van der Waals surface area contributed by atoms with E-state index in [0.29, 0.717) is 28.1 Å². The minimum atomic E-state index is -0.0587. The molecule has 94 valence electrons. The Bertz CT molecular complexity index is 395. The zero-order chi connectivity index (χ0) is 13.0. The molecule has 0 aliphatic carbocycles. The number of amides is 1. The van der Waals surface area contributed by atoms with Crippen molar-refractivity contribution in [2.45, 2.75) is 6.92 Å². The lowest BCUT2D eigenvalue weighted by Gasteiger charge is -2.16. The first-order chi connectivity index (χ1) is 8.04. The van der Waals surface area contributed by atoms with Crippen LogP contribution in [0.4, 0.5) is 0 Å². The predicted molar refractivity (Wildman–Crippen MR) is 69.9 cm³/mol. The number of methoxy groups -OCH3 is 2. The van der Waals surface area contributed by atoms with Gasteiger partial charge in [-0.3, -0.25) is 4.79 Å². The highest BCUT2D eigenvalue weighted by Crippen LogP contribution is 2.35. The maximum Gasteiger partial charge on any atom is 0.253 e. The molecule has 0 aliphatic rings. The lowest BCUT2D eigenvalue weighted by atomic mass is 10.1. The van der Waals surface area contributed by atoms with Crippen LogP contribution in [0.5, 0.6) is 11.5 Å². The van der Waals surface area contributed by atoms with Crippen molar-refractivity contribution in [2.24, 2.45) is 0 Å². The van der Waals surface area contributed by atoms with E-state index >= 15 is 0 Å². The summed E-state index contributed by atoms with van der Waals surface area (Å²) in [5.41, 5.74) is 0.547. The molecule has 0 radical (unpaired) electrons. The van der Waals surface area contributed by atoms with Crippen molar-refractivity contribution >= 4 is 21.8 Å². The van der Waals surface area contributed by atoms with Gasteiger partial charge in [-0.05, 0) is 35.0 Å². The number of ether oxygens (including phenoxy) is 2. The summed E-state index contributed by atoms with van der Waals surface area (Å²) in [6.07, 6.45) is 0. The van der Waals surface area contributed by atoms with Crippen molar-refractivity contribution < 1.29 is 14.3 Å². The normalized spacial score (nSPS) is 9.94. The third-order valence-electron chi connectivity index (χ3n) is 2.51. The molecule has 0 bridgehead atoms. The van der Waals surface area contributed by atoms with Gasteiger partial charge in [-0.25, -0.2) is 0 Å². The molecule has 0 N–H and O–H groups in total. The zero-order valence-corrected chi connectivity index (χ0v) is 12.0. The Balaban J connectivity index is 3.22. The number of rotatable bonds is 4. The largest absolute Gasteiger partial charge is 0.495 e. The number of halogens is 1. The van der Waals surface area contributed by atoms with E-state index in [4.69, 9.17) is 9.47 Å². The van der Waals surface area contributed by atoms with E-state index in [-0.39, 0.29) is 5.91 Å². The van der Waals surface area contributed by atoms with Crippen molar-refractivity contribution in [2.75, 3.05) is 27.8 Å². The van der Waals surface area contributed by atoms with Gasteiger partial charge in [0, 0.05) is 19.2 Å². The minimum absolute atomic E-state index is 0.0587. The topological polar surface area (TPSA) is 38.8 Å². The molecule has 1 rings (SSSR count). The minimum Gasteiger partial charge on any atom is -0.495 e. The molecule has 0 heterocycles. The van der Waals surface area contributed by atoms with Crippen LogP contribution >= 0.6 is 15.9 Å². The maximum absolute atomic E-state index is 12.0. The van der Waals surface area contributed by atoms with Crippen LogP contribution in [0.25, 0.3) is 0 Å². The lowest BCUT2D eigenvalue weighted by molar-refractivity contribution is 0.0801. The van der Waals surface area contributed by atoms with Crippen LogP contribution in [0.2, 0.25) is 0 Å². The Morgan fingerprint density at radius 2 is 1.76 bits per heavy atom. The van der Waals surface area contributed by atoms with Crippen LogP contribution in [-0.4, -0.2) is 38.6 Å². The molecule has 0 aliphatic heterocycles. The first-order valence-electron chi connectivity index (χ1n) is 5.22. The van der Waals surface area contributed by atoms with Gasteiger partial charge in [-0.1, -0.05) is 0 Å². The van der Waals surface area contributed by atoms with Crippen molar-refractivity contribution in [1.82, 2.24) is 4.90 Å². The molecule has 1 aromatic carbocycles. The summed E-state index contributed by atoms with van der Waals surface area (Å²) in [7, 11) is 4.86. The summed E-state index contributed by atoms with van der Waals surface area (Å²) in [6, 6.07) is 3.39. The van der Waals surface area contributed by atoms with E-state index in [2.05, 4.69) is 15.9 Å². The molecule has 0 atom stereocenters. The molecule has 0 spiro atoms. The van der Waals surface area contributed by atoms with E-state index in [0.717, 1.165) is 0 Å². The second kappa shape index (κ2) is 5.91. The molecule has 1 amide bonds. The average Bonchev–Trinajstić information content (AvgIpc) is 2.37. The van der Waals surface area contributed by atoms with E-state index in [9.17, 15) is 4.79 Å². The number of benzene rings is 1. The molecular formula is C12H16BrNO3. The van der Waals surface area contributed by atoms with Gasteiger partial charge in [0.25, 0.3) is 5.91 Å². The van der Waals surface area contributed by atoms with Gasteiger partial charge in [0.1, 0.15) is 16.0 Å². The van der Waals surface area contributed by atoms with Gasteiger partial charge in [-0.2, -0.15) is 0 Å². The predicted octanol–water partition coefficient (Wildman–Crippen LogP) is 2.56. The highest BCUT2D eigenvalue weighted by molar-refractivity contribution is 9.10. The average molecular weight is 302 g/mol. The van der Waals surface area contributed by atoms with Gasteiger partial charge in [0.05, 0.1) is 14.2 Å². The fraction of sp³-hybridized carbons (Fsp3) is 0.417. The summed E-state index contributed by atoms with van der Waals surface area (Å²) >= 11 is 3.36. The highest BCUT2D eigenvalue weighted by atomic mass is 79.9. The first kappa shape index (κ1) is 13.8. The van der Waals surface area contributed by atoms with Gasteiger partial charge >= 0.3 is 0 Å². The molecule has 5 heteroatoms. The van der Waals surface area contributed by atoms with Crippen LogP contribution in [0.15, 0.2) is 16.6 Å². The number of nitrogens with zero attached hydrogens (tertiary/aromatic N) is 1. The number of hydrogen-bond acceptors (Lipinski definition) is 3. The van der Waals surface area contributed by atoms with Gasteiger partial charge < -0.3 is 14.4 Å². The van der Waals surface area contributed by atoms with E-state index < -0.39 is 0 Å². The maximum atomic E-state index is 12.0. The zero-order valence-electron chi connectivity index (χ0n) is 10.4. The fourth-order valence-electron chi connectivity index (χ4n) is 1.36. The SMILES string of the molecule is CCN(C)C(=O)c1cc(OC)c(Br)c(OC)c1. The van der Waals surface area contributed by atoms with Crippen LogP contribution in [0.3, 0.4) is 0 Å². The Labute approximate surface area is 110 Å².